The largest absolute Gasteiger partial charge is 0.353 e. The van der Waals surface area contributed by atoms with Crippen molar-refractivity contribution in [1.82, 2.24) is 10.2 Å². The van der Waals surface area contributed by atoms with Gasteiger partial charge in [0.25, 0.3) is 0 Å². The first-order chi connectivity index (χ1) is 10.7. The van der Waals surface area contributed by atoms with Gasteiger partial charge in [0.05, 0.1) is 16.9 Å². The van der Waals surface area contributed by atoms with E-state index in [0.717, 1.165) is 48.6 Å². The molecule has 4 nitrogen and oxygen atoms in total. The molecule has 7 heteroatoms. The van der Waals surface area contributed by atoms with Gasteiger partial charge in [-0.2, -0.15) is 0 Å². The molecule has 3 heterocycles. The molecule has 0 atom stereocenters. The molecule has 2 aliphatic rings. The summed E-state index contributed by atoms with van der Waals surface area (Å²) in [4.78, 5) is 6.81. The highest BCUT2D eigenvalue weighted by atomic mass is 32.1. The normalized spacial score (nSPS) is 17.2. The van der Waals surface area contributed by atoms with Crippen molar-refractivity contribution in [2.24, 2.45) is 4.99 Å². The highest BCUT2D eigenvalue weighted by Gasteiger charge is 2.24. The zero-order valence-corrected chi connectivity index (χ0v) is 12.5. The molecule has 1 aromatic heterocycles. The van der Waals surface area contributed by atoms with Crippen molar-refractivity contribution < 1.29 is 8.78 Å². The van der Waals surface area contributed by atoms with Crippen LogP contribution >= 0.6 is 11.3 Å². The van der Waals surface area contributed by atoms with Gasteiger partial charge in [-0.1, -0.05) is 0 Å². The van der Waals surface area contributed by atoms with Crippen LogP contribution in [0, 0.1) is 11.6 Å². The summed E-state index contributed by atoms with van der Waals surface area (Å²) in [7, 11) is 0. The number of nitrogens with one attached hydrogen (secondary N) is 2. The van der Waals surface area contributed by atoms with Crippen LogP contribution in [0.15, 0.2) is 28.6 Å². The molecule has 0 amide bonds. The zero-order chi connectivity index (χ0) is 15.1. The summed E-state index contributed by atoms with van der Waals surface area (Å²) in [5.74, 6) is -0.936. The summed E-state index contributed by atoms with van der Waals surface area (Å²) in [6.07, 6.45) is 0. The van der Waals surface area contributed by atoms with Crippen molar-refractivity contribution in [3.05, 3.63) is 40.8 Å². The first-order valence-electron chi connectivity index (χ1n) is 7.10. The smallest absolute Gasteiger partial charge is 0.161 e. The number of halogens is 2. The second-order valence-corrected chi connectivity index (χ2v) is 6.16. The van der Waals surface area contributed by atoms with Gasteiger partial charge in [-0.3, -0.25) is 0 Å². The summed E-state index contributed by atoms with van der Waals surface area (Å²) < 4.78 is 27.1. The van der Waals surface area contributed by atoms with E-state index in [9.17, 15) is 8.78 Å². The third-order valence-corrected chi connectivity index (χ3v) is 4.67. The van der Waals surface area contributed by atoms with Gasteiger partial charge >= 0.3 is 0 Å². The van der Waals surface area contributed by atoms with Crippen molar-refractivity contribution in [3.63, 3.8) is 0 Å². The lowest BCUT2D eigenvalue weighted by molar-refractivity contribution is 0.358. The lowest BCUT2D eigenvalue weighted by Gasteiger charge is -2.30. The van der Waals surface area contributed by atoms with Gasteiger partial charge in [-0.15, -0.1) is 11.3 Å². The van der Waals surface area contributed by atoms with E-state index >= 15 is 0 Å². The molecule has 0 spiro atoms. The molecule has 0 radical (unpaired) electrons. The molecule has 0 aliphatic carbocycles. The average molecular weight is 320 g/mol. The number of anilines is 2. The zero-order valence-electron chi connectivity index (χ0n) is 11.7. The number of rotatable bonds is 0. The quantitative estimate of drug-likeness (QED) is 0.784. The Morgan fingerprint density at radius 3 is 2.73 bits per heavy atom. The van der Waals surface area contributed by atoms with E-state index < -0.39 is 11.6 Å². The van der Waals surface area contributed by atoms with Gasteiger partial charge in [-0.05, 0) is 11.4 Å². The number of piperazine rings is 1. The summed E-state index contributed by atoms with van der Waals surface area (Å²) in [6, 6.07) is 4.31. The molecule has 2 N–H and O–H groups in total. The maximum absolute atomic E-state index is 13.6. The Labute approximate surface area is 130 Å². The van der Waals surface area contributed by atoms with Gasteiger partial charge in [0.15, 0.2) is 11.6 Å². The number of benzene rings is 1. The Morgan fingerprint density at radius 1 is 1.14 bits per heavy atom. The number of thiophene rings is 1. The van der Waals surface area contributed by atoms with Crippen LogP contribution in [0.5, 0.6) is 0 Å². The van der Waals surface area contributed by atoms with Crippen molar-refractivity contribution in [2.75, 3.05) is 31.5 Å². The predicted octanol–water partition coefficient (Wildman–Crippen LogP) is 3.07. The minimum atomic E-state index is -0.880. The lowest BCUT2D eigenvalue weighted by atomic mass is 10.2. The predicted molar refractivity (Wildman–Crippen MR) is 84.6 cm³/mol. The maximum atomic E-state index is 13.6. The molecule has 4 rings (SSSR count). The molecule has 1 fully saturated rings. The average Bonchev–Trinajstić information content (AvgIpc) is 2.92. The Hall–Kier alpha value is -1.99. The minimum absolute atomic E-state index is 0.427. The van der Waals surface area contributed by atoms with Gasteiger partial charge in [-0.25, -0.2) is 13.8 Å². The molecular weight excluding hydrogens is 306 g/mol. The van der Waals surface area contributed by atoms with Crippen LogP contribution in [0.25, 0.3) is 0 Å². The number of hydrogen-bond acceptors (Lipinski definition) is 5. The molecule has 0 bridgehead atoms. The molecule has 1 aromatic carbocycles. The van der Waals surface area contributed by atoms with Crippen LogP contribution in [0.1, 0.15) is 5.56 Å². The highest BCUT2D eigenvalue weighted by Crippen LogP contribution is 2.38. The van der Waals surface area contributed by atoms with Crippen molar-refractivity contribution >= 4 is 33.5 Å². The van der Waals surface area contributed by atoms with E-state index in [1.165, 1.54) is 17.4 Å². The Balaban J connectivity index is 1.86. The fourth-order valence-electron chi connectivity index (χ4n) is 2.73. The first-order valence-corrected chi connectivity index (χ1v) is 7.98. The van der Waals surface area contributed by atoms with E-state index in [-0.39, 0.29) is 0 Å². The fourth-order valence-corrected chi connectivity index (χ4v) is 3.52. The van der Waals surface area contributed by atoms with E-state index in [1.54, 1.807) is 0 Å². The number of amidine groups is 1. The van der Waals surface area contributed by atoms with Crippen LogP contribution < -0.4 is 10.6 Å². The maximum Gasteiger partial charge on any atom is 0.161 e. The Kier molecular flexibility index (Phi) is 3.31. The molecular formula is C15H14F2N4S. The second-order valence-electron chi connectivity index (χ2n) is 5.24. The first kappa shape index (κ1) is 13.7. The summed E-state index contributed by atoms with van der Waals surface area (Å²) in [6.45, 7) is 3.45. The number of fused-ring (bicyclic) bond motifs is 2. The monoisotopic (exact) mass is 320 g/mol. The standard InChI is InChI=1S/C15H14F2N4S/c16-10-7-12-13(8-11(10)17)20-15-9(1-6-22-15)14(19-12)21-4-2-18-3-5-21/h1,6-8,18,20H,2-5H2. The molecule has 2 aliphatic heterocycles. The molecule has 22 heavy (non-hydrogen) atoms. The van der Waals surface area contributed by atoms with Crippen molar-refractivity contribution in [2.45, 2.75) is 0 Å². The summed E-state index contributed by atoms with van der Waals surface area (Å²) in [5, 5.41) is 9.36. The van der Waals surface area contributed by atoms with Crippen molar-refractivity contribution in [3.8, 4) is 0 Å². The van der Waals surface area contributed by atoms with Crippen LogP contribution in [0.3, 0.4) is 0 Å². The third-order valence-electron chi connectivity index (χ3n) is 3.84. The highest BCUT2D eigenvalue weighted by molar-refractivity contribution is 7.14. The lowest BCUT2D eigenvalue weighted by Crippen LogP contribution is -2.46. The third kappa shape index (κ3) is 2.26. The molecule has 0 unspecified atom stereocenters. The topological polar surface area (TPSA) is 39.7 Å². The van der Waals surface area contributed by atoms with Gasteiger partial charge in [0.1, 0.15) is 10.8 Å². The van der Waals surface area contributed by atoms with E-state index in [0.29, 0.717) is 11.4 Å². The summed E-state index contributed by atoms with van der Waals surface area (Å²) in [5.41, 5.74) is 1.90. The van der Waals surface area contributed by atoms with Gasteiger partial charge in [0, 0.05) is 38.3 Å². The molecule has 0 saturated carbocycles. The van der Waals surface area contributed by atoms with Crippen LogP contribution in [0.4, 0.5) is 25.2 Å². The molecule has 114 valence electrons. The van der Waals surface area contributed by atoms with Crippen LogP contribution in [0.2, 0.25) is 0 Å². The molecule has 1 saturated heterocycles. The Bertz CT molecular complexity index is 750. The number of nitrogens with zero attached hydrogens (tertiary/aromatic N) is 2. The van der Waals surface area contributed by atoms with Crippen LogP contribution in [-0.4, -0.2) is 36.9 Å². The van der Waals surface area contributed by atoms with E-state index in [4.69, 9.17) is 0 Å². The number of aliphatic imine (C=N–C) groups is 1. The van der Waals surface area contributed by atoms with Crippen LogP contribution in [-0.2, 0) is 0 Å². The van der Waals surface area contributed by atoms with E-state index in [2.05, 4.69) is 20.5 Å². The summed E-state index contributed by atoms with van der Waals surface area (Å²) >= 11 is 1.53. The second kappa shape index (κ2) is 5.33. The SMILES string of the molecule is Fc1cc2c(cc1F)Nc1sccc1C(N1CCNCC1)=N2. The Morgan fingerprint density at radius 2 is 1.91 bits per heavy atom. The molecule has 2 aromatic rings. The number of hydrogen-bond donors (Lipinski definition) is 2. The minimum Gasteiger partial charge on any atom is -0.353 e. The van der Waals surface area contributed by atoms with Crippen molar-refractivity contribution in [1.29, 1.82) is 0 Å². The van der Waals surface area contributed by atoms with E-state index in [1.807, 2.05) is 11.4 Å². The van der Waals surface area contributed by atoms with Gasteiger partial charge in [0.2, 0.25) is 0 Å². The fraction of sp³-hybridized carbons (Fsp3) is 0.267. The van der Waals surface area contributed by atoms with Gasteiger partial charge < -0.3 is 15.5 Å².